The van der Waals surface area contributed by atoms with Crippen LogP contribution in [0.2, 0.25) is 0 Å². The van der Waals surface area contributed by atoms with Crippen LogP contribution in [0.5, 0.6) is 5.75 Å². The van der Waals surface area contributed by atoms with Crippen molar-refractivity contribution in [2.75, 3.05) is 0 Å². The second kappa shape index (κ2) is 4.25. The summed E-state index contributed by atoms with van der Waals surface area (Å²) in [6, 6.07) is 6.19. The van der Waals surface area contributed by atoms with E-state index >= 15 is 0 Å². The Morgan fingerprint density at radius 3 is 2.31 bits per heavy atom. The van der Waals surface area contributed by atoms with Gasteiger partial charge < -0.3 is 15.9 Å². The smallest absolute Gasteiger partial charge is 0.115 e. The first-order valence-electron chi connectivity index (χ1n) is 4.37. The van der Waals surface area contributed by atoms with E-state index in [1.807, 2.05) is 6.92 Å². The highest BCUT2D eigenvalue weighted by atomic mass is 16.3. The Morgan fingerprint density at radius 2 is 1.85 bits per heavy atom. The highest BCUT2D eigenvalue weighted by Crippen LogP contribution is 2.19. The maximum atomic E-state index is 9.67. The number of aliphatic hydroxyl groups excluding tert-OH is 1. The summed E-state index contributed by atoms with van der Waals surface area (Å²) in [5.41, 5.74) is 6.42. The Hall–Kier alpha value is -1.06. The maximum absolute atomic E-state index is 9.67. The quantitative estimate of drug-likeness (QED) is 0.655. The summed E-state index contributed by atoms with van der Waals surface area (Å²) in [6.45, 7) is 1.92. The van der Waals surface area contributed by atoms with E-state index in [9.17, 15) is 5.11 Å². The van der Waals surface area contributed by atoms with Crippen LogP contribution in [0, 0.1) is 0 Å². The Balaban J connectivity index is 2.77. The first-order chi connectivity index (χ1) is 6.15. The zero-order chi connectivity index (χ0) is 9.84. The number of hydrogen-bond donors (Lipinski definition) is 3. The summed E-state index contributed by atoms with van der Waals surface area (Å²) < 4.78 is 0. The molecule has 0 amide bonds. The molecule has 0 unspecified atom stereocenters. The third-order valence-electron chi connectivity index (χ3n) is 2.11. The topological polar surface area (TPSA) is 66.5 Å². The standard InChI is InChI=1S/C10H15NO2/c1-2-9(11)10(13)7-3-5-8(12)6-4-7/h3-6,9-10,12-13H,2,11H2,1H3/t9-,10-/m0/s1. The first-order valence-corrected chi connectivity index (χ1v) is 4.37. The van der Waals surface area contributed by atoms with Gasteiger partial charge in [0.2, 0.25) is 0 Å². The highest BCUT2D eigenvalue weighted by Gasteiger charge is 2.14. The Labute approximate surface area is 77.8 Å². The van der Waals surface area contributed by atoms with Gasteiger partial charge in [0.1, 0.15) is 5.75 Å². The molecule has 3 nitrogen and oxygen atoms in total. The van der Waals surface area contributed by atoms with Crippen molar-refractivity contribution < 1.29 is 10.2 Å². The van der Waals surface area contributed by atoms with E-state index in [2.05, 4.69) is 0 Å². The molecule has 4 N–H and O–H groups in total. The van der Waals surface area contributed by atoms with Gasteiger partial charge in [-0.15, -0.1) is 0 Å². The fourth-order valence-electron chi connectivity index (χ4n) is 1.14. The summed E-state index contributed by atoms with van der Waals surface area (Å²) in [5.74, 6) is 0.195. The molecule has 0 bridgehead atoms. The summed E-state index contributed by atoms with van der Waals surface area (Å²) in [5, 5.41) is 18.7. The van der Waals surface area contributed by atoms with Crippen LogP contribution in [-0.2, 0) is 0 Å². The molecule has 1 aromatic rings. The molecule has 0 aliphatic heterocycles. The molecule has 2 atom stereocenters. The van der Waals surface area contributed by atoms with Gasteiger partial charge >= 0.3 is 0 Å². The monoisotopic (exact) mass is 181 g/mol. The van der Waals surface area contributed by atoms with Crippen LogP contribution in [-0.4, -0.2) is 16.3 Å². The third kappa shape index (κ3) is 2.44. The Bertz CT molecular complexity index is 258. The molecule has 1 aromatic carbocycles. The lowest BCUT2D eigenvalue weighted by molar-refractivity contribution is 0.144. The van der Waals surface area contributed by atoms with Crippen LogP contribution in [0.1, 0.15) is 25.0 Å². The number of phenolic OH excluding ortho intramolecular Hbond substituents is 1. The lowest BCUT2D eigenvalue weighted by atomic mass is 10.0. The van der Waals surface area contributed by atoms with E-state index in [4.69, 9.17) is 10.8 Å². The summed E-state index contributed by atoms with van der Waals surface area (Å²) in [7, 11) is 0. The number of aromatic hydroxyl groups is 1. The average molecular weight is 181 g/mol. The van der Waals surface area contributed by atoms with Gasteiger partial charge in [0.25, 0.3) is 0 Å². The molecule has 0 fully saturated rings. The molecular formula is C10H15NO2. The van der Waals surface area contributed by atoms with Gasteiger partial charge in [-0.3, -0.25) is 0 Å². The van der Waals surface area contributed by atoms with E-state index in [1.165, 1.54) is 0 Å². The molecule has 13 heavy (non-hydrogen) atoms. The largest absolute Gasteiger partial charge is 0.508 e. The van der Waals surface area contributed by atoms with Crippen molar-refractivity contribution in [1.29, 1.82) is 0 Å². The minimum Gasteiger partial charge on any atom is -0.508 e. The molecule has 0 aliphatic rings. The Morgan fingerprint density at radius 1 is 1.31 bits per heavy atom. The third-order valence-corrected chi connectivity index (χ3v) is 2.11. The number of nitrogens with two attached hydrogens (primary N) is 1. The van der Waals surface area contributed by atoms with Crippen LogP contribution < -0.4 is 5.73 Å². The lowest BCUT2D eigenvalue weighted by Gasteiger charge is -2.17. The molecule has 0 saturated heterocycles. The van der Waals surface area contributed by atoms with Crippen molar-refractivity contribution in [2.45, 2.75) is 25.5 Å². The van der Waals surface area contributed by atoms with E-state index < -0.39 is 6.10 Å². The molecule has 0 aliphatic carbocycles. The number of phenols is 1. The van der Waals surface area contributed by atoms with Gasteiger partial charge in [-0.25, -0.2) is 0 Å². The van der Waals surface area contributed by atoms with Crippen molar-refractivity contribution in [3.63, 3.8) is 0 Å². The molecule has 1 rings (SSSR count). The molecule has 72 valence electrons. The lowest BCUT2D eigenvalue weighted by Crippen LogP contribution is -2.27. The normalized spacial score (nSPS) is 15.3. The maximum Gasteiger partial charge on any atom is 0.115 e. The number of aliphatic hydroxyl groups is 1. The molecule has 0 saturated carbocycles. The minimum atomic E-state index is -0.648. The van der Waals surface area contributed by atoms with E-state index in [0.29, 0.717) is 0 Å². The van der Waals surface area contributed by atoms with Gasteiger partial charge in [0.15, 0.2) is 0 Å². The van der Waals surface area contributed by atoms with Crippen molar-refractivity contribution in [2.24, 2.45) is 5.73 Å². The van der Waals surface area contributed by atoms with E-state index in [0.717, 1.165) is 12.0 Å². The van der Waals surface area contributed by atoms with Crippen molar-refractivity contribution in [3.8, 4) is 5.75 Å². The molecular weight excluding hydrogens is 166 g/mol. The average Bonchev–Trinajstić information content (AvgIpc) is 2.17. The second-order valence-corrected chi connectivity index (χ2v) is 3.11. The van der Waals surface area contributed by atoms with Gasteiger partial charge in [-0.1, -0.05) is 19.1 Å². The molecule has 0 radical (unpaired) electrons. The zero-order valence-corrected chi connectivity index (χ0v) is 7.64. The van der Waals surface area contributed by atoms with Crippen LogP contribution in [0.3, 0.4) is 0 Å². The predicted octanol–water partition coefficient (Wildman–Crippen LogP) is 1.16. The van der Waals surface area contributed by atoms with Crippen molar-refractivity contribution in [1.82, 2.24) is 0 Å². The number of rotatable bonds is 3. The minimum absolute atomic E-state index is 0.195. The number of hydrogen-bond acceptors (Lipinski definition) is 3. The van der Waals surface area contributed by atoms with Crippen LogP contribution in [0.15, 0.2) is 24.3 Å². The predicted molar refractivity (Wildman–Crippen MR) is 51.3 cm³/mol. The number of benzene rings is 1. The second-order valence-electron chi connectivity index (χ2n) is 3.11. The van der Waals surface area contributed by atoms with Crippen molar-refractivity contribution >= 4 is 0 Å². The Kier molecular flexibility index (Phi) is 3.28. The fraction of sp³-hybridized carbons (Fsp3) is 0.400. The highest BCUT2D eigenvalue weighted by molar-refractivity contribution is 5.27. The molecule has 0 aromatic heterocycles. The fourth-order valence-corrected chi connectivity index (χ4v) is 1.14. The molecule has 0 heterocycles. The zero-order valence-electron chi connectivity index (χ0n) is 7.64. The van der Waals surface area contributed by atoms with Gasteiger partial charge in [0, 0.05) is 6.04 Å². The van der Waals surface area contributed by atoms with Crippen LogP contribution in [0.4, 0.5) is 0 Å². The first kappa shape index (κ1) is 10.0. The van der Waals surface area contributed by atoms with Gasteiger partial charge in [-0.05, 0) is 24.1 Å². The molecule has 3 heteroatoms. The molecule has 0 spiro atoms. The van der Waals surface area contributed by atoms with Gasteiger partial charge in [0.05, 0.1) is 6.10 Å². The summed E-state index contributed by atoms with van der Waals surface area (Å²) >= 11 is 0. The van der Waals surface area contributed by atoms with E-state index in [-0.39, 0.29) is 11.8 Å². The summed E-state index contributed by atoms with van der Waals surface area (Å²) in [6.07, 6.45) is 0.0767. The van der Waals surface area contributed by atoms with Crippen LogP contribution >= 0.6 is 0 Å². The summed E-state index contributed by atoms with van der Waals surface area (Å²) in [4.78, 5) is 0. The van der Waals surface area contributed by atoms with Crippen molar-refractivity contribution in [3.05, 3.63) is 29.8 Å². The van der Waals surface area contributed by atoms with Crippen LogP contribution in [0.25, 0.3) is 0 Å². The van der Waals surface area contributed by atoms with Gasteiger partial charge in [-0.2, -0.15) is 0 Å². The van der Waals surface area contributed by atoms with E-state index in [1.54, 1.807) is 24.3 Å². The SMILES string of the molecule is CC[C@H](N)[C@@H](O)c1ccc(O)cc1.